The normalized spacial score (nSPS) is 15.2. The van der Waals surface area contributed by atoms with E-state index in [1.165, 1.54) is 19.3 Å². The van der Waals surface area contributed by atoms with Crippen molar-refractivity contribution in [1.29, 1.82) is 0 Å². The van der Waals surface area contributed by atoms with E-state index in [0.717, 1.165) is 25.6 Å². The number of hydrogen-bond donors (Lipinski definition) is 0. The molecule has 1 aromatic rings. The van der Waals surface area contributed by atoms with Crippen molar-refractivity contribution < 1.29 is 0 Å². The number of rotatable bonds is 6. The minimum Gasteiger partial charge on any atom is -0.343 e. The molecule has 106 valence electrons. The first kappa shape index (κ1) is 14.3. The topological polar surface area (TPSA) is 45.2 Å². The van der Waals surface area contributed by atoms with Gasteiger partial charge in [0.1, 0.15) is 0 Å². The van der Waals surface area contributed by atoms with Gasteiger partial charge in [-0.2, -0.15) is 15.0 Å². The maximum Gasteiger partial charge on any atom is 0.231 e. The fourth-order valence-electron chi connectivity index (χ4n) is 2.29. The summed E-state index contributed by atoms with van der Waals surface area (Å²) in [4.78, 5) is 17.2. The number of anilines is 2. The van der Waals surface area contributed by atoms with Gasteiger partial charge in [0.05, 0.1) is 0 Å². The predicted octanol–water partition coefficient (Wildman–Crippen LogP) is 2.61. The first-order valence-electron chi connectivity index (χ1n) is 7.01. The molecular weight excluding hydrogens is 262 g/mol. The Bertz CT molecular complexity index is 417. The lowest BCUT2D eigenvalue weighted by atomic mass is 9.85. The lowest BCUT2D eigenvalue weighted by molar-refractivity contribution is 0.320. The van der Waals surface area contributed by atoms with Gasteiger partial charge in [-0.15, -0.1) is 0 Å². The van der Waals surface area contributed by atoms with Gasteiger partial charge < -0.3 is 9.80 Å². The largest absolute Gasteiger partial charge is 0.343 e. The second-order valence-corrected chi connectivity index (χ2v) is 5.39. The molecule has 1 heterocycles. The summed E-state index contributed by atoms with van der Waals surface area (Å²) < 4.78 is 0. The third kappa shape index (κ3) is 3.47. The molecule has 19 heavy (non-hydrogen) atoms. The van der Waals surface area contributed by atoms with Crippen LogP contribution in [0, 0.1) is 5.92 Å². The molecule has 0 bridgehead atoms. The van der Waals surface area contributed by atoms with E-state index in [2.05, 4.69) is 38.6 Å². The van der Waals surface area contributed by atoms with Gasteiger partial charge in [0.25, 0.3) is 0 Å². The molecule has 0 amide bonds. The van der Waals surface area contributed by atoms with Gasteiger partial charge in [0.2, 0.25) is 17.2 Å². The van der Waals surface area contributed by atoms with Crippen LogP contribution in [0.15, 0.2) is 0 Å². The highest BCUT2D eigenvalue weighted by Gasteiger charge is 2.21. The monoisotopic (exact) mass is 283 g/mol. The smallest absolute Gasteiger partial charge is 0.231 e. The molecule has 2 rings (SSSR count). The summed E-state index contributed by atoms with van der Waals surface area (Å²) in [6.45, 7) is 6.89. The first-order valence-corrected chi connectivity index (χ1v) is 7.39. The van der Waals surface area contributed by atoms with Gasteiger partial charge >= 0.3 is 0 Å². The van der Waals surface area contributed by atoms with Gasteiger partial charge in [-0.3, -0.25) is 0 Å². The van der Waals surface area contributed by atoms with Crippen molar-refractivity contribution in [2.45, 2.75) is 33.1 Å². The van der Waals surface area contributed by atoms with Gasteiger partial charge in [-0.25, -0.2) is 0 Å². The second kappa shape index (κ2) is 6.37. The van der Waals surface area contributed by atoms with Crippen LogP contribution in [0.2, 0.25) is 5.28 Å². The highest BCUT2D eigenvalue weighted by Crippen LogP contribution is 2.28. The van der Waals surface area contributed by atoms with Crippen LogP contribution >= 0.6 is 11.6 Å². The standard InChI is InChI=1S/C13H22ClN5/c1-4-19(5-2)13-16-11(14)15-12(17-13)18(3)9-10-7-6-8-10/h10H,4-9H2,1-3H3. The van der Waals surface area contributed by atoms with Gasteiger partial charge in [0.15, 0.2) is 0 Å². The molecule has 0 aliphatic heterocycles. The fraction of sp³-hybridized carbons (Fsp3) is 0.769. The Morgan fingerprint density at radius 2 is 1.74 bits per heavy atom. The van der Waals surface area contributed by atoms with Crippen LogP contribution in [-0.4, -0.2) is 41.6 Å². The van der Waals surface area contributed by atoms with Crippen LogP contribution in [-0.2, 0) is 0 Å². The van der Waals surface area contributed by atoms with Gasteiger partial charge in [0, 0.05) is 26.7 Å². The molecule has 0 aromatic carbocycles. The van der Waals surface area contributed by atoms with E-state index in [1.807, 2.05) is 7.05 Å². The molecule has 5 nitrogen and oxygen atoms in total. The lowest BCUT2D eigenvalue weighted by Gasteiger charge is -2.30. The third-order valence-corrected chi connectivity index (χ3v) is 3.90. The molecule has 1 saturated carbocycles. The van der Waals surface area contributed by atoms with Crippen molar-refractivity contribution >= 4 is 23.5 Å². The van der Waals surface area contributed by atoms with E-state index in [9.17, 15) is 0 Å². The second-order valence-electron chi connectivity index (χ2n) is 5.05. The molecule has 1 aliphatic carbocycles. The Morgan fingerprint density at radius 1 is 1.11 bits per heavy atom. The SMILES string of the molecule is CCN(CC)c1nc(Cl)nc(N(C)CC2CCC2)n1. The highest BCUT2D eigenvalue weighted by molar-refractivity contribution is 6.28. The van der Waals surface area contributed by atoms with E-state index < -0.39 is 0 Å². The molecule has 1 fully saturated rings. The average molecular weight is 284 g/mol. The van der Waals surface area contributed by atoms with E-state index >= 15 is 0 Å². The Kier molecular flexibility index (Phi) is 4.80. The predicted molar refractivity (Wildman–Crippen MR) is 79.0 cm³/mol. The molecule has 0 spiro atoms. The summed E-state index contributed by atoms with van der Waals surface area (Å²) in [6.07, 6.45) is 3.97. The summed E-state index contributed by atoms with van der Waals surface area (Å²) >= 11 is 6.02. The average Bonchev–Trinajstić information content (AvgIpc) is 2.34. The number of aromatic nitrogens is 3. The number of halogens is 1. The molecule has 6 heteroatoms. The maximum atomic E-state index is 6.02. The third-order valence-electron chi connectivity index (χ3n) is 3.73. The van der Waals surface area contributed by atoms with Crippen LogP contribution in [0.25, 0.3) is 0 Å². The zero-order valence-corrected chi connectivity index (χ0v) is 12.7. The van der Waals surface area contributed by atoms with Crippen molar-refractivity contribution in [1.82, 2.24) is 15.0 Å². The van der Waals surface area contributed by atoms with Crippen LogP contribution in [0.5, 0.6) is 0 Å². The van der Waals surface area contributed by atoms with Gasteiger partial charge in [-0.1, -0.05) is 6.42 Å². The molecule has 0 saturated heterocycles. The minimum atomic E-state index is 0.271. The molecule has 0 atom stereocenters. The number of hydrogen-bond acceptors (Lipinski definition) is 5. The van der Waals surface area contributed by atoms with Crippen LogP contribution in [0.4, 0.5) is 11.9 Å². The minimum absolute atomic E-state index is 0.271. The van der Waals surface area contributed by atoms with Crippen molar-refractivity contribution in [3.63, 3.8) is 0 Å². The molecule has 0 N–H and O–H groups in total. The highest BCUT2D eigenvalue weighted by atomic mass is 35.5. The fourth-order valence-corrected chi connectivity index (χ4v) is 2.44. The van der Waals surface area contributed by atoms with E-state index in [0.29, 0.717) is 11.9 Å². The quantitative estimate of drug-likeness (QED) is 0.803. The Morgan fingerprint density at radius 3 is 2.26 bits per heavy atom. The summed E-state index contributed by atoms with van der Waals surface area (Å²) in [5, 5.41) is 0.271. The summed E-state index contributed by atoms with van der Waals surface area (Å²) in [5.41, 5.74) is 0. The van der Waals surface area contributed by atoms with E-state index in [4.69, 9.17) is 11.6 Å². The zero-order chi connectivity index (χ0) is 13.8. The molecule has 0 unspecified atom stereocenters. The van der Waals surface area contributed by atoms with Crippen LogP contribution in [0.3, 0.4) is 0 Å². The summed E-state index contributed by atoms with van der Waals surface area (Å²) in [5.74, 6) is 2.12. The molecular formula is C13H22ClN5. The van der Waals surface area contributed by atoms with E-state index in [1.54, 1.807) is 0 Å². The maximum absolute atomic E-state index is 6.02. The Hall–Kier alpha value is -1.10. The summed E-state index contributed by atoms with van der Waals surface area (Å²) in [6, 6.07) is 0. The zero-order valence-electron chi connectivity index (χ0n) is 11.9. The molecule has 1 aromatic heterocycles. The van der Waals surface area contributed by atoms with E-state index in [-0.39, 0.29) is 5.28 Å². The lowest BCUT2D eigenvalue weighted by Crippen LogP contribution is -2.31. The van der Waals surface area contributed by atoms with Crippen molar-refractivity contribution in [3.05, 3.63) is 5.28 Å². The molecule has 1 aliphatic rings. The van der Waals surface area contributed by atoms with Crippen molar-refractivity contribution in [3.8, 4) is 0 Å². The Labute approximate surface area is 120 Å². The number of nitrogens with zero attached hydrogens (tertiary/aromatic N) is 5. The first-order chi connectivity index (χ1) is 9.13. The van der Waals surface area contributed by atoms with Crippen molar-refractivity contribution in [2.75, 3.05) is 36.5 Å². The van der Waals surface area contributed by atoms with Crippen LogP contribution in [0.1, 0.15) is 33.1 Å². The Balaban J connectivity index is 2.14. The van der Waals surface area contributed by atoms with Crippen LogP contribution < -0.4 is 9.80 Å². The van der Waals surface area contributed by atoms with Crippen molar-refractivity contribution in [2.24, 2.45) is 5.92 Å². The summed E-state index contributed by atoms with van der Waals surface area (Å²) in [7, 11) is 2.02. The molecule has 0 radical (unpaired) electrons. The van der Waals surface area contributed by atoms with Gasteiger partial charge in [-0.05, 0) is 44.2 Å².